The van der Waals surface area contributed by atoms with Crippen molar-refractivity contribution in [1.82, 2.24) is 0 Å². The summed E-state index contributed by atoms with van der Waals surface area (Å²) in [7, 11) is 10.9. The lowest BCUT2D eigenvalue weighted by molar-refractivity contribution is 0.0967. The average molecular weight is 495 g/mol. The molecule has 8 nitrogen and oxygen atoms in total. The van der Waals surface area contributed by atoms with Gasteiger partial charge in [0, 0.05) is 17.0 Å². The minimum atomic E-state index is -0.604. The molecule has 3 aromatic carbocycles. The van der Waals surface area contributed by atoms with E-state index in [1.54, 1.807) is 48.7 Å². The highest BCUT2D eigenvalue weighted by Crippen LogP contribution is 2.57. The number of methoxy groups -OCH3 is 7. The van der Waals surface area contributed by atoms with E-state index in [1.807, 2.05) is 36.4 Å². The Morgan fingerprint density at radius 1 is 0.528 bits per heavy atom. The Hall–Kier alpha value is -4.07. The molecule has 8 heteroatoms. The van der Waals surface area contributed by atoms with Crippen molar-refractivity contribution < 1.29 is 38.0 Å². The number of fused-ring (bicyclic) bond motifs is 1. The van der Waals surface area contributed by atoms with Crippen LogP contribution in [-0.2, 0) is 0 Å². The van der Waals surface area contributed by atoms with Gasteiger partial charge in [-0.2, -0.15) is 0 Å². The number of carbonyl (C=O) groups is 1. The summed E-state index contributed by atoms with van der Waals surface area (Å²) in [6.07, 6.45) is 0. The van der Waals surface area contributed by atoms with E-state index < -0.39 is 11.8 Å². The number of hydrogen-bond acceptors (Lipinski definition) is 8. The molecule has 0 saturated heterocycles. The van der Waals surface area contributed by atoms with Crippen molar-refractivity contribution >= 4 is 5.78 Å². The van der Waals surface area contributed by atoms with E-state index in [2.05, 4.69) is 0 Å². The first kappa shape index (κ1) is 25.0. The van der Waals surface area contributed by atoms with Gasteiger partial charge >= 0.3 is 0 Å². The first-order chi connectivity index (χ1) is 17.5. The van der Waals surface area contributed by atoms with Crippen LogP contribution < -0.4 is 33.2 Å². The summed E-state index contributed by atoms with van der Waals surface area (Å²) in [5, 5.41) is 0. The van der Waals surface area contributed by atoms with Crippen molar-refractivity contribution in [2.24, 2.45) is 0 Å². The first-order valence-corrected chi connectivity index (χ1v) is 11.3. The van der Waals surface area contributed by atoms with E-state index >= 15 is 0 Å². The van der Waals surface area contributed by atoms with E-state index in [1.165, 1.54) is 7.11 Å². The maximum absolute atomic E-state index is 14.1. The van der Waals surface area contributed by atoms with Crippen molar-refractivity contribution in [1.29, 1.82) is 0 Å². The Labute approximate surface area is 210 Å². The van der Waals surface area contributed by atoms with Crippen LogP contribution >= 0.6 is 0 Å². The van der Waals surface area contributed by atoms with Crippen LogP contribution in [0.1, 0.15) is 38.9 Å². The third kappa shape index (κ3) is 3.92. The molecule has 2 atom stereocenters. The highest BCUT2D eigenvalue weighted by Gasteiger charge is 2.46. The second-order valence-electron chi connectivity index (χ2n) is 8.16. The monoisotopic (exact) mass is 494 g/mol. The van der Waals surface area contributed by atoms with Crippen LogP contribution in [0.4, 0.5) is 0 Å². The zero-order chi connectivity index (χ0) is 26.0. The van der Waals surface area contributed by atoms with Crippen molar-refractivity contribution in [3.8, 4) is 40.2 Å². The van der Waals surface area contributed by atoms with Gasteiger partial charge in [0.05, 0.1) is 55.7 Å². The molecule has 36 heavy (non-hydrogen) atoms. The molecule has 0 heterocycles. The molecule has 0 bridgehead atoms. The van der Waals surface area contributed by atoms with Gasteiger partial charge in [0.15, 0.2) is 28.8 Å². The van der Waals surface area contributed by atoms with Gasteiger partial charge in [0.2, 0.25) is 11.5 Å². The highest BCUT2D eigenvalue weighted by molar-refractivity contribution is 6.08. The standard InChI is InChI=1S/C28H30O8/c1-30-17-10-8-15(9-11-17)22-23(16-12-19(31-2)26(34-5)20(13-16)32-3)25(29)18-14-21(33-4)27(35-6)28(36-7)24(18)22/h8-14,22-23H,1-7H3/t22-,23-/m1/s1. The fourth-order valence-corrected chi connectivity index (χ4v) is 4.97. The second kappa shape index (κ2) is 10.3. The maximum atomic E-state index is 14.1. The number of hydrogen-bond donors (Lipinski definition) is 0. The van der Waals surface area contributed by atoms with Crippen LogP contribution in [0.25, 0.3) is 0 Å². The van der Waals surface area contributed by atoms with Crippen LogP contribution in [0, 0.1) is 0 Å². The molecule has 0 unspecified atom stereocenters. The van der Waals surface area contributed by atoms with E-state index in [0.717, 1.165) is 11.1 Å². The zero-order valence-corrected chi connectivity index (χ0v) is 21.5. The SMILES string of the molecule is COc1ccc([C@H]2c3c(cc(OC)c(OC)c3OC)C(=O)[C@@H]2c2cc(OC)c(OC)c(OC)c2)cc1. The van der Waals surface area contributed by atoms with Crippen LogP contribution in [0.15, 0.2) is 42.5 Å². The average Bonchev–Trinajstić information content (AvgIpc) is 3.22. The first-order valence-electron chi connectivity index (χ1n) is 11.3. The molecule has 0 saturated carbocycles. The van der Waals surface area contributed by atoms with Crippen molar-refractivity contribution in [3.63, 3.8) is 0 Å². The smallest absolute Gasteiger partial charge is 0.203 e. The second-order valence-corrected chi connectivity index (χ2v) is 8.16. The molecular formula is C28H30O8. The van der Waals surface area contributed by atoms with E-state index in [0.29, 0.717) is 51.4 Å². The van der Waals surface area contributed by atoms with E-state index in [9.17, 15) is 4.79 Å². The molecular weight excluding hydrogens is 464 g/mol. The third-order valence-corrected chi connectivity index (χ3v) is 6.58. The molecule has 1 aliphatic carbocycles. The van der Waals surface area contributed by atoms with Gasteiger partial charge in [0.25, 0.3) is 0 Å². The van der Waals surface area contributed by atoms with Crippen LogP contribution in [0.5, 0.6) is 40.2 Å². The summed E-state index contributed by atoms with van der Waals surface area (Å²) in [6, 6.07) is 13.0. The number of Topliss-reactive ketones (excluding diaryl/α,β-unsaturated/α-hetero) is 1. The zero-order valence-electron chi connectivity index (χ0n) is 21.5. The highest BCUT2D eigenvalue weighted by atomic mass is 16.5. The lowest BCUT2D eigenvalue weighted by atomic mass is 9.81. The minimum Gasteiger partial charge on any atom is -0.497 e. The van der Waals surface area contributed by atoms with Crippen molar-refractivity contribution in [3.05, 3.63) is 64.7 Å². The summed E-state index contributed by atoms with van der Waals surface area (Å²) >= 11 is 0. The Morgan fingerprint density at radius 3 is 1.53 bits per heavy atom. The molecule has 0 spiro atoms. The quantitative estimate of drug-likeness (QED) is 0.417. The molecule has 0 aliphatic heterocycles. The fourth-order valence-electron chi connectivity index (χ4n) is 4.97. The Morgan fingerprint density at radius 2 is 1.06 bits per heavy atom. The Balaban J connectivity index is 2.03. The number of rotatable bonds is 9. The lowest BCUT2D eigenvalue weighted by Crippen LogP contribution is -2.14. The number of benzene rings is 3. The number of carbonyl (C=O) groups excluding carboxylic acids is 1. The molecule has 0 N–H and O–H groups in total. The molecule has 0 radical (unpaired) electrons. The Bertz CT molecular complexity index is 1240. The topological polar surface area (TPSA) is 81.7 Å². The van der Waals surface area contributed by atoms with Gasteiger partial charge < -0.3 is 33.2 Å². The van der Waals surface area contributed by atoms with Crippen LogP contribution in [0.3, 0.4) is 0 Å². The number of ether oxygens (including phenoxy) is 7. The molecule has 0 aromatic heterocycles. The van der Waals surface area contributed by atoms with Gasteiger partial charge in [-0.3, -0.25) is 4.79 Å². The Kier molecular flexibility index (Phi) is 7.15. The largest absolute Gasteiger partial charge is 0.497 e. The van der Waals surface area contributed by atoms with E-state index in [-0.39, 0.29) is 5.78 Å². The minimum absolute atomic E-state index is 0.0839. The third-order valence-electron chi connectivity index (χ3n) is 6.58. The predicted octanol–water partition coefficient (Wildman–Crippen LogP) is 4.86. The van der Waals surface area contributed by atoms with Crippen molar-refractivity contribution in [2.45, 2.75) is 11.8 Å². The molecule has 4 rings (SSSR count). The van der Waals surface area contributed by atoms with Crippen LogP contribution in [0.2, 0.25) is 0 Å². The van der Waals surface area contributed by atoms with Gasteiger partial charge in [0.1, 0.15) is 5.75 Å². The van der Waals surface area contributed by atoms with Gasteiger partial charge in [-0.25, -0.2) is 0 Å². The van der Waals surface area contributed by atoms with Gasteiger partial charge in [-0.15, -0.1) is 0 Å². The van der Waals surface area contributed by atoms with Gasteiger partial charge in [-0.1, -0.05) is 12.1 Å². The van der Waals surface area contributed by atoms with Crippen LogP contribution in [-0.4, -0.2) is 55.6 Å². The summed E-state index contributed by atoms with van der Waals surface area (Å²) in [4.78, 5) is 14.1. The molecule has 0 amide bonds. The summed E-state index contributed by atoms with van der Waals surface area (Å²) in [5.41, 5.74) is 2.85. The summed E-state index contributed by atoms with van der Waals surface area (Å²) in [5.74, 6) is 2.31. The molecule has 0 fully saturated rings. The normalized spacial score (nSPS) is 16.2. The lowest BCUT2D eigenvalue weighted by Gasteiger charge is -2.24. The fraction of sp³-hybridized carbons (Fsp3) is 0.321. The molecule has 3 aromatic rings. The van der Waals surface area contributed by atoms with Crippen molar-refractivity contribution in [2.75, 3.05) is 49.8 Å². The summed E-state index contributed by atoms with van der Waals surface area (Å²) < 4.78 is 39.0. The summed E-state index contributed by atoms with van der Waals surface area (Å²) in [6.45, 7) is 0. The van der Waals surface area contributed by atoms with E-state index in [4.69, 9.17) is 33.2 Å². The van der Waals surface area contributed by atoms with Gasteiger partial charge in [-0.05, 0) is 41.5 Å². The predicted molar refractivity (Wildman–Crippen MR) is 134 cm³/mol. The number of ketones is 1. The molecule has 1 aliphatic rings. The molecule has 190 valence electrons. The maximum Gasteiger partial charge on any atom is 0.203 e.